The quantitative estimate of drug-likeness (QED) is 0.505. The molecule has 2 rings (SSSR count). The molecule has 0 aliphatic rings. The van der Waals surface area contributed by atoms with Gasteiger partial charge in [-0.1, -0.05) is 0 Å². The van der Waals surface area contributed by atoms with Crippen LogP contribution in [0.15, 0.2) is 47.8 Å². The molecule has 0 saturated carbocycles. The van der Waals surface area contributed by atoms with Gasteiger partial charge in [-0.25, -0.2) is 5.43 Å². The molecule has 10 heteroatoms. The van der Waals surface area contributed by atoms with Gasteiger partial charge in [0.1, 0.15) is 0 Å². The fourth-order valence-corrected chi connectivity index (χ4v) is 1.64. The van der Waals surface area contributed by atoms with Gasteiger partial charge in [-0.05, 0) is 18.2 Å². The lowest BCUT2D eigenvalue weighted by Crippen LogP contribution is -2.17. The first-order chi connectivity index (χ1) is 11.0. The lowest BCUT2D eigenvalue weighted by molar-refractivity contribution is -0.394. The zero-order chi connectivity index (χ0) is 16.8. The Hall–Kier alpha value is -3.69. The average molecular weight is 315 g/mol. The number of aromatic nitrogens is 1. The fraction of sp³-hybridized carbons (Fsp3) is 0. The van der Waals surface area contributed by atoms with Crippen molar-refractivity contribution < 1.29 is 14.6 Å². The van der Waals surface area contributed by atoms with Gasteiger partial charge in [0.05, 0.1) is 27.7 Å². The minimum absolute atomic E-state index is 0.0237. The molecule has 23 heavy (non-hydrogen) atoms. The Kier molecular flexibility index (Phi) is 4.67. The summed E-state index contributed by atoms with van der Waals surface area (Å²) in [5.41, 5.74) is 1.64. The van der Waals surface area contributed by atoms with Gasteiger partial charge in [-0.15, -0.1) is 0 Å². The number of hydrazone groups is 1. The summed E-state index contributed by atoms with van der Waals surface area (Å²) in [7, 11) is 0. The van der Waals surface area contributed by atoms with Crippen LogP contribution in [0.3, 0.4) is 0 Å². The van der Waals surface area contributed by atoms with E-state index in [4.69, 9.17) is 0 Å². The summed E-state index contributed by atoms with van der Waals surface area (Å²) in [6, 6.07) is 6.06. The van der Waals surface area contributed by atoms with Crippen molar-refractivity contribution in [1.29, 1.82) is 0 Å². The molecule has 10 nitrogen and oxygen atoms in total. The van der Waals surface area contributed by atoms with Crippen molar-refractivity contribution in [1.82, 2.24) is 10.4 Å². The van der Waals surface area contributed by atoms with E-state index in [1.54, 1.807) is 0 Å². The maximum absolute atomic E-state index is 11.7. The predicted octanol–water partition coefficient (Wildman–Crippen LogP) is 1.66. The van der Waals surface area contributed by atoms with Crippen LogP contribution in [0.1, 0.15) is 15.9 Å². The molecular formula is C13H9N5O5. The monoisotopic (exact) mass is 315 g/mol. The average Bonchev–Trinajstić information content (AvgIpc) is 2.55. The number of hydrogen-bond acceptors (Lipinski definition) is 7. The number of benzene rings is 1. The summed E-state index contributed by atoms with van der Waals surface area (Å²) in [6.07, 6.45) is 3.90. The predicted molar refractivity (Wildman–Crippen MR) is 79.0 cm³/mol. The molecule has 0 aliphatic heterocycles. The lowest BCUT2D eigenvalue weighted by atomic mass is 10.2. The minimum Gasteiger partial charge on any atom is -0.267 e. The van der Waals surface area contributed by atoms with E-state index < -0.39 is 27.1 Å². The third-order valence-electron chi connectivity index (χ3n) is 2.73. The van der Waals surface area contributed by atoms with Crippen LogP contribution in [0.5, 0.6) is 0 Å². The molecule has 0 fully saturated rings. The zero-order valence-corrected chi connectivity index (χ0v) is 11.4. The largest absolute Gasteiger partial charge is 0.285 e. The Morgan fingerprint density at radius 2 is 1.83 bits per heavy atom. The highest BCUT2D eigenvalue weighted by Gasteiger charge is 2.18. The van der Waals surface area contributed by atoms with E-state index in [0.29, 0.717) is 5.56 Å². The van der Waals surface area contributed by atoms with Gasteiger partial charge < -0.3 is 0 Å². The molecule has 0 radical (unpaired) electrons. The smallest absolute Gasteiger partial charge is 0.267 e. The maximum Gasteiger partial charge on any atom is 0.285 e. The van der Waals surface area contributed by atoms with Crippen LogP contribution >= 0.6 is 0 Å². The second kappa shape index (κ2) is 6.85. The van der Waals surface area contributed by atoms with Crippen LogP contribution in [0.2, 0.25) is 0 Å². The van der Waals surface area contributed by atoms with E-state index in [2.05, 4.69) is 15.5 Å². The molecule has 0 unspecified atom stereocenters. The molecule has 1 amide bonds. The highest BCUT2D eigenvalue weighted by Crippen LogP contribution is 2.23. The number of nitro benzene ring substituents is 2. The van der Waals surface area contributed by atoms with Crippen LogP contribution in [0, 0.1) is 20.2 Å². The summed E-state index contributed by atoms with van der Waals surface area (Å²) >= 11 is 0. The Labute approximate surface area is 128 Å². The molecule has 116 valence electrons. The van der Waals surface area contributed by atoms with Crippen molar-refractivity contribution in [3.8, 4) is 0 Å². The van der Waals surface area contributed by atoms with E-state index in [1.807, 2.05) is 0 Å². The topological polar surface area (TPSA) is 141 Å². The van der Waals surface area contributed by atoms with E-state index in [0.717, 1.165) is 18.3 Å². The van der Waals surface area contributed by atoms with Crippen molar-refractivity contribution in [3.63, 3.8) is 0 Å². The molecule has 0 atom stereocenters. The summed E-state index contributed by atoms with van der Waals surface area (Å²) in [4.78, 5) is 35.6. The molecule has 0 spiro atoms. The number of nitrogens with zero attached hydrogens (tertiary/aromatic N) is 4. The maximum atomic E-state index is 11.7. The summed E-state index contributed by atoms with van der Waals surface area (Å²) < 4.78 is 0. The molecule has 1 N–H and O–H groups in total. The molecule has 1 aromatic heterocycles. The normalized spacial score (nSPS) is 10.4. The number of pyridine rings is 1. The summed E-state index contributed by atoms with van der Waals surface area (Å²) in [5.74, 6) is -0.520. The Bertz CT molecular complexity index is 791. The third kappa shape index (κ3) is 3.91. The number of non-ortho nitro benzene ring substituents is 1. The van der Waals surface area contributed by atoms with Gasteiger partial charge in [-0.2, -0.15) is 5.10 Å². The lowest BCUT2D eigenvalue weighted by Gasteiger charge is -1.99. The number of nitro groups is 2. The zero-order valence-electron chi connectivity index (χ0n) is 11.4. The highest BCUT2D eigenvalue weighted by molar-refractivity contribution is 5.95. The number of hydrogen-bond donors (Lipinski definition) is 1. The standard InChI is InChI=1S/C13H9N5O5/c19-13(9-3-5-14-6-4-9)16-15-8-10-1-2-11(17(20)21)7-12(10)18(22)23/h1-8H,(H,16,19)/b15-8+. The van der Waals surface area contributed by atoms with Crippen molar-refractivity contribution >= 4 is 23.5 Å². The van der Waals surface area contributed by atoms with Gasteiger partial charge in [-0.3, -0.25) is 30.0 Å². The van der Waals surface area contributed by atoms with Crippen molar-refractivity contribution in [2.24, 2.45) is 5.10 Å². The molecule has 0 saturated heterocycles. The van der Waals surface area contributed by atoms with Gasteiger partial charge in [0, 0.05) is 24.0 Å². The second-order valence-corrected chi connectivity index (χ2v) is 4.19. The molecule has 0 aliphatic carbocycles. The van der Waals surface area contributed by atoms with E-state index >= 15 is 0 Å². The van der Waals surface area contributed by atoms with Crippen molar-refractivity contribution in [2.75, 3.05) is 0 Å². The van der Waals surface area contributed by atoms with Crippen LogP contribution in [0.25, 0.3) is 0 Å². The number of amides is 1. The first kappa shape index (κ1) is 15.7. The van der Waals surface area contributed by atoms with Crippen LogP contribution in [-0.2, 0) is 0 Å². The molecule has 1 aromatic carbocycles. The van der Waals surface area contributed by atoms with E-state index in [9.17, 15) is 25.0 Å². The van der Waals surface area contributed by atoms with Gasteiger partial charge in [0.15, 0.2) is 0 Å². The van der Waals surface area contributed by atoms with Crippen LogP contribution < -0.4 is 5.43 Å². The highest BCUT2D eigenvalue weighted by atomic mass is 16.6. The molecule has 2 aromatic rings. The Morgan fingerprint density at radius 3 is 2.43 bits per heavy atom. The van der Waals surface area contributed by atoms with Crippen LogP contribution in [-0.4, -0.2) is 27.0 Å². The van der Waals surface area contributed by atoms with Crippen molar-refractivity contribution in [2.45, 2.75) is 0 Å². The first-order valence-corrected chi connectivity index (χ1v) is 6.15. The van der Waals surface area contributed by atoms with Gasteiger partial charge in [0.2, 0.25) is 0 Å². The third-order valence-corrected chi connectivity index (χ3v) is 2.73. The summed E-state index contributed by atoms with van der Waals surface area (Å²) in [6.45, 7) is 0. The summed E-state index contributed by atoms with van der Waals surface area (Å²) in [5, 5.41) is 25.2. The first-order valence-electron chi connectivity index (χ1n) is 6.15. The number of carbonyl (C=O) groups excluding carboxylic acids is 1. The minimum atomic E-state index is -0.765. The molecule has 0 bridgehead atoms. The molecule has 1 heterocycles. The Balaban J connectivity index is 2.17. The molecular weight excluding hydrogens is 306 g/mol. The fourth-order valence-electron chi connectivity index (χ4n) is 1.64. The van der Waals surface area contributed by atoms with E-state index in [1.165, 1.54) is 30.6 Å². The van der Waals surface area contributed by atoms with E-state index in [-0.39, 0.29) is 5.56 Å². The SMILES string of the molecule is O=C(N/N=C/c1ccc([N+](=O)[O-])cc1[N+](=O)[O-])c1ccncc1. The number of rotatable bonds is 5. The van der Waals surface area contributed by atoms with Gasteiger partial charge >= 0.3 is 0 Å². The van der Waals surface area contributed by atoms with Crippen molar-refractivity contribution in [3.05, 3.63) is 74.1 Å². The van der Waals surface area contributed by atoms with Gasteiger partial charge in [0.25, 0.3) is 17.3 Å². The number of nitrogens with one attached hydrogen (secondary N) is 1. The number of carbonyl (C=O) groups is 1. The Morgan fingerprint density at radius 1 is 1.13 bits per heavy atom. The van der Waals surface area contributed by atoms with Crippen LogP contribution in [0.4, 0.5) is 11.4 Å². The second-order valence-electron chi connectivity index (χ2n) is 4.19.